The third-order valence-corrected chi connectivity index (χ3v) is 1.73. The summed E-state index contributed by atoms with van der Waals surface area (Å²) in [5, 5.41) is 2.83. The molecule has 0 aliphatic carbocycles. The van der Waals surface area contributed by atoms with Gasteiger partial charge in [0, 0.05) is 6.20 Å². The second kappa shape index (κ2) is 2.94. The van der Waals surface area contributed by atoms with Crippen LogP contribution in [0, 0.1) is 0 Å². The molecule has 0 aromatic carbocycles. The summed E-state index contributed by atoms with van der Waals surface area (Å²) in [6, 6.07) is 0. The molecular weight excluding hydrogens is 142 g/mol. The molecule has 44 valence electrons. The van der Waals surface area contributed by atoms with Crippen molar-refractivity contribution < 1.29 is 4.74 Å². The molecule has 1 aliphatic heterocycles. The van der Waals surface area contributed by atoms with Crippen LogP contribution >= 0.6 is 24.0 Å². The molecule has 0 unspecified atom stereocenters. The van der Waals surface area contributed by atoms with E-state index in [-0.39, 0.29) is 0 Å². The first-order chi connectivity index (χ1) is 3.89. The molecular formula is C4H5NOS2. The molecule has 0 aromatic rings. The average Bonchev–Trinajstić information content (AvgIpc) is 1.94. The molecule has 0 fully saturated rings. The maximum absolute atomic E-state index is 4.90. The third kappa shape index (κ3) is 1.71. The van der Waals surface area contributed by atoms with Gasteiger partial charge in [-0.2, -0.15) is 0 Å². The third-order valence-electron chi connectivity index (χ3n) is 0.624. The normalized spacial score (nSPS) is 18.8. The van der Waals surface area contributed by atoms with E-state index in [9.17, 15) is 0 Å². The van der Waals surface area contributed by atoms with Gasteiger partial charge < -0.3 is 10.1 Å². The lowest BCUT2D eigenvalue weighted by atomic mass is 10.9. The number of thioether (sulfide) groups is 1. The fourth-order valence-corrected chi connectivity index (χ4v) is 0.936. The van der Waals surface area contributed by atoms with Crippen LogP contribution in [-0.4, -0.2) is 10.3 Å². The Morgan fingerprint density at radius 1 is 1.88 bits per heavy atom. The number of hydrogen-bond donors (Lipinski definition) is 1. The van der Waals surface area contributed by atoms with Gasteiger partial charge in [-0.05, 0) is 0 Å². The quantitative estimate of drug-likeness (QED) is 0.517. The first-order valence-corrected chi connectivity index (χ1v) is 3.49. The molecule has 1 heterocycles. The Hall–Kier alpha value is -0.220. The zero-order chi connectivity index (χ0) is 5.82. The maximum atomic E-state index is 4.90. The maximum Gasteiger partial charge on any atom is 0.141 e. The topological polar surface area (TPSA) is 21.3 Å². The van der Waals surface area contributed by atoms with Crippen LogP contribution in [0.25, 0.3) is 0 Å². The highest BCUT2D eigenvalue weighted by molar-refractivity contribution is 8.22. The minimum absolute atomic E-state index is 0.613. The van der Waals surface area contributed by atoms with Crippen molar-refractivity contribution in [3.63, 3.8) is 0 Å². The number of nitrogens with one attached hydrogen (secondary N) is 1. The molecule has 0 aromatic heterocycles. The van der Waals surface area contributed by atoms with Crippen molar-refractivity contribution in [1.29, 1.82) is 0 Å². The Balaban J connectivity index is 2.41. The second-order valence-corrected chi connectivity index (χ2v) is 2.76. The molecule has 0 radical (unpaired) electrons. The molecule has 2 nitrogen and oxygen atoms in total. The Morgan fingerprint density at radius 2 is 2.75 bits per heavy atom. The Morgan fingerprint density at radius 3 is 3.62 bits per heavy atom. The molecule has 0 atom stereocenters. The van der Waals surface area contributed by atoms with Gasteiger partial charge in [-0.1, -0.05) is 24.0 Å². The Bertz CT molecular complexity index is 123. The molecule has 0 saturated heterocycles. The molecule has 4 heteroatoms. The van der Waals surface area contributed by atoms with Crippen LogP contribution < -0.4 is 5.32 Å². The molecule has 0 bridgehead atoms. The molecule has 0 amide bonds. The van der Waals surface area contributed by atoms with Gasteiger partial charge in [-0.25, -0.2) is 0 Å². The van der Waals surface area contributed by atoms with E-state index >= 15 is 0 Å². The predicted octanol–water partition coefficient (Wildman–Crippen LogP) is 1.05. The fraction of sp³-hybridized carbons (Fsp3) is 0.250. The van der Waals surface area contributed by atoms with Gasteiger partial charge in [-0.15, -0.1) is 0 Å². The molecule has 1 N–H and O–H groups in total. The van der Waals surface area contributed by atoms with Crippen molar-refractivity contribution in [2.45, 2.75) is 0 Å². The monoisotopic (exact) mass is 147 g/mol. The van der Waals surface area contributed by atoms with Gasteiger partial charge in [0.1, 0.15) is 16.5 Å². The minimum Gasteiger partial charge on any atom is -0.489 e. The van der Waals surface area contributed by atoms with Gasteiger partial charge in [0.25, 0.3) is 0 Å². The highest BCUT2D eigenvalue weighted by Crippen LogP contribution is 2.04. The zero-order valence-electron chi connectivity index (χ0n) is 4.09. The van der Waals surface area contributed by atoms with E-state index in [0.717, 1.165) is 4.32 Å². The predicted molar refractivity (Wildman–Crippen MR) is 38.4 cm³/mol. The summed E-state index contributed by atoms with van der Waals surface area (Å²) in [5.41, 5.74) is 0. The lowest BCUT2D eigenvalue weighted by Gasteiger charge is -1.93. The summed E-state index contributed by atoms with van der Waals surface area (Å²) < 4.78 is 5.66. The van der Waals surface area contributed by atoms with Gasteiger partial charge >= 0.3 is 0 Å². The number of thiocarbonyl (C=S) groups is 1. The van der Waals surface area contributed by atoms with Crippen molar-refractivity contribution in [3.05, 3.63) is 12.5 Å². The Labute approximate surface area is 57.3 Å². The second-order valence-electron chi connectivity index (χ2n) is 1.16. The van der Waals surface area contributed by atoms with Crippen LogP contribution in [0.1, 0.15) is 0 Å². The standard InChI is InChI=1S/C4H5NOS2/c7-4-5-1-2-6-3-8-4/h1-2H,3H2,(H,5,7). The van der Waals surface area contributed by atoms with E-state index in [1.54, 1.807) is 12.5 Å². The Kier molecular flexibility index (Phi) is 2.17. The summed E-state index contributed by atoms with van der Waals surface area (Å²) in [7, 11) is 0. The number of rotatable bonds is 0. The van der Waals surface area contributed by atoms with Gasteiger partial charge in [0.15, 0.2) is 0 Å². The van der Waals surface area contributed by atoms with Gasteiger partial charge in [-0.3, -0.25) is 0 Å². The van der Waals surface area contributed by atoms with Crippen molar-refractivity contribution in [2.24, 2.45) is 0 Å². The van der Waals surface area contributed by atoms with Crippen LogP contribution in [0.2, 0.25) is 0 Å². The summed E-state index contributed by atoms with van der Waals surface area (Å²) in [6.07, 6.45) is 3.27. The smallest absolute Gasteiger partial charge is 0.141 e. The summed E-state index contributed by atoms with van der Waals surface area (Å²) in [6.45, 7) is 0. The first-order valence-electron chi connectivity index (χ1n) is 2.09. The molecule has 8 heavy (non-hydrogen) atoms. The molecule has 0 spiro atoms. The van der Waals surface area contributed by atoms with E-state index in [1.807, 2.05) is 0 Å². The van der Waals surface area contributed by atoms with Crippen molar-refractivity contribution >= 4 is 28.3 Å². The molecule has 1 aliphatic rings. The number of ether oxygens (including phenoxy) is 1. The average molecular weight is 147 g/mol. The van der Waals surface area contributed by atoms with Crippen LogP contribution in [0.4, 0.5) is 0 Å². The lowest BCUT2D eigenvalue weighted by Crippen LogP contribution is -2.07. The highest BCUT2D eigenvalue weighted by atomic mass is 32.2. The number of hydrogen-bond acceptors (Lipinski definition) is 3. The molecule has 0 saturated carbocycles. The highest BCUT2D eigenvalue weighted by Gasteiger charge is 1.95. The summed E-state index contributed by atoms with van der Waals surface area (Å²) >= 11 is 6.29. The van der Waals surface area contributed by atoms with Crippen molar-refractivity contribution in [1.82, 2.24) is 5.32 Å². The first kappa shape index (κ1) is 5.91. The van der Waals surface area contributed by atoms with Crippen LogP contribution in [0.15, 0.2) is 12.5 Å². The zero-order valence-corrected chi connectivity index (χ0v) is 5.72. The van der Waals surface area contributed by atoms with E-state index in [1.165, 1.54) is 11.8 Å². The largest absolute Gasteiger partial charge is 0.489 e. The van der Waals surface area contributed by atoms with Crippen molar-refractivity contribution in [2.75, 3.05) is 5.94 Å². The van der Waals surface area contributed by atoms with E-state index in [4.69, 9.17) is 17.0 Å². The van der Waals surface area contributed by atoms with E-state index in [0.29, 0.717) is 5.94 Å². The van der Waals surface area contributed by atoms with Crippen LogP contribution in [-0.2, 0) is 4.74 Å². The van der Waals surface area contributed by atoms with E-state index in [2.05, 4.69) is 5.32 Å². The van der Waals surface area contributed by atoms with Crippen LogP contribution in [0.5, 0.6) is 0 Å². The summed E-state index contributed by atoms with van der Waals surface area (Å²) in [5.74, 6) is 0.613. The SMILES string of the molecule is S=C1NC=COCS1. The van der Waals surface area contributed by atoms with E-state index < -0.39 is 0 Å². The van der Waals surface area contributed by atoms with Crippen LogP contribution in [0.3, 0.4) is 0 Å². The lowest BCUT2D eigenvalue weighted by molar-refractivity contribution is 0.318. The molecule has 1 rings (SSSR count). The fourth-order valence-electron chi connectivity index (χ4n) is 0.319. The van der Waals surface area contributed by atoms with Crippen molar-refractivity contribution in [3.8, 4) is 0 Å². The van der Waals surface area contributed by atoms with Gasteiger partial charge in [0.2, 0.25) is 0 Å². The minimum atomic E-state index is 0.613. The summed E-state index contributed by atoms with van der Waals surface area (Å²) in [4.78, 5) is 0. The van der Waals surface area contributed by atoms with Gasteiger partial charge in [0.05, 0.1) is 0 Å².